The van der Waals surface area contributed by atoms with E-state index in [1.165, 1.54) is 4.90 Å². The summed E-state index contributed by atoms with van der Waals surface area (Å²) in [4.78, 5) is 53.1. The van der Waals surface area contributed by atoms with Crippen LogP contribution in [0.5, 0.6) is 0 Å². The van der Waals surface area contributed by atoms with Crippen molar-refractivity contribution in [2.45, 2.75) is 91.0 Å². The number of hydrogen-bond donors (Lipinski definition) is 3. The minimum atomic E-state index is -1.26. The second-order valence-electron chi connectivity index (χ2n) is 10.4. The van der Waals surface area contributed by atoms with E-state index in [-0.39, 0.29) is 17.9 Å². The number of benzene rings is 1. The fourth-order valence-electron chi connectivity index (χ4n) is 3.88. The highest BCUT2D eigenvalue weighted by Crippen LogP contribution is 2.40. The molecule has 194 valence electrons. The number of primary amides is 1. The summed E-state index contributed by atoms with van der Waals surface area (Å²) in [6.45, 7) is 11.6. The fraction of sp³-hybridized carbons (Fsp3) is 0.615. The number of aryl methyl sites for hydroxylation is 1. The molecule has 1 aliphatic carbocycles. The van der Waals surface area contributed by atoms with Gasteiger partial charge in [-0.3, -0.25) is 14.4 Å². The van der Waals surface area contributed by atoms with Gasteiger partial charge in [0.2, 0.25) is 17.7 Å². The first-order chi connectivity index (χ1) is 16.3. The molecular formula is C26H40N4O5. The Bertz CT molecular complexity index is 909. The molecule has 9 nitrogen and oxygen atoms in total. The summed E-state index contributed by atoms with van der Waals surface area (Å²) in [5.74, 6) is -1.42. The van der Waals surface area contributed by atoms with Gasteiger partial charge in [-0.2, -0.15) is 0 Å². The van der Waals surface area contributed by atoms with Gasteiger partial charge in [0, 0.05) is 12.6 Å². The van der Waals surface area contributed by atoms with Crippen molar-refractivity contribution < 1.29 is 23.9 Å². The first kappa shape index (κ1) is 28.1. The van der Waals surface area contributed by atoms with E-state index in [9.17, 15) is 19.2 Å². The van der Waals surface area contributed by atoms with Crippen LogP contribution in [-0.4, -0.2) is 52.9 Å². The molecular weight excluding hydrogens is 448 g/mol. The van der Waals surface area contributed by atoms with Gasteiger partial charge in [0.05, 0.1) is 6.42 Å². The maximum Gasteiger partial charge on any atom is 0.408 e. The smallest absolute Gasteiger partial charge is 0.408 e. The SMILES string of the molecule is CCCCNC(=O)C(c1ccc(C)cc1)N(C(=O)C(CC(N)=O)NC(=O)OC(C)(C)C)C1CC1C. The lowest BCUT2D eigenvalue weighted by atomic mass is 10.0. The minimum Gasteiger partial charge on any atom is -0.444 e. The van der Waals surface area contributed by atoms with Gasteiger partial charge >= 0.3 is 6.09 Å². The number of nitrogens with two attached hydrogens (primary N) is 1. The fourth-order valence-corrected chi connectivity index (χ4v) is 3.88. The number of rotatable bonds is 11. The number of carbonyl (C=O) groups excluding carboxylic acids is 4. The van der Waals surface area contributed by atoms with Crippen LogP contribution in [0.3, 0.4) is 0 Å². The molecule has 4 amide bonds. The molecule has 4 N–H and O–H groups in total. The molecule has 0 spiro atoms. The van der Waals surface area contributed by atoms with E-state index in [4.69, 9.17) is 10.5 Å². The number of hydrogen-bond acceptors (Lipinski definition) is 5. The van der Waals surface area contributed by atoms with Gasteiger partial charge in [-0.15, -0.1) is 0 Å². The Hall–Kier alpha value is -3.10. The highest BCUT2D eigenvalue weighted by molar-refractivity contribution is 5.95. The van der Waals surface area contributed by atoms with E-state index >= 15 is 0 Å². The second-order valence-corrected chi connectivity index (χ2v) is 10.4. The maximum absolute atomic E-state index is 13.9. The monoisotopic (exact) mass is 488 g/mol. The molecule has 0 heterocycles. The van der Waals surface area contributed by atoms with Crippen LogP contribution in [0, 0.1) is 12.8 Å². The number of nitrogens with zero attached hydrogens (tertiary/aromatic N) is 1. The topological polar surface area (TPSA) is 131 Å². The molecule has 0 aromatic heterocycles. The number of carbonyl (C=O) groups is 4. The summed E-state index contributed by atoms with van der Waals surface area (Å²) in [5.41, 5.74) is 6.31. The Kier molecular flexibility index (Phi) is 9.68. The molecule has 35 heavy (non-hydrogen) atoms. The summed E-state index contributed by atoms with van der Waals surface area (Å²) in [7, 11) is 0. The lowest BCUT2D eigenvalue weighted by Gasteiger charge is -2.35. The van der Waals surface area contributed by atoms with E-state index in [1.54, 1.807) is 20.8 Å². The number of unbranched alkanes of at least 4 members (excludes halogenated alkanes) is 1. The van der Waals surface area contributed by atoms with Crippen LogP contribution in [0.2, 0.25) is 0 Å². The van der Waals surface area contributed by atoms with Gasteiger partial charge < -0.3 is 26.0 Å². The van der Waals surface area contributed by atoms with E-state index in [2.05, 4.69) is 10.6 Å². The standard InChI is InChI=1S/C26H40N4O5/c1-7-8-13-28-23(32)22(18-11-9-16(2)10-12-18)30(20-14-17(20)3)24(33)19(15-21(27)31)29-25(34)35-26(4,5)6/h9-12,17,19-20,22H,7-8,13-15H2,1-6H3,(H2,27,31)(H,28,32)(H,29,34). The van der Waals surface area contributed by atoms with Crippen molar-refractivity contribution in [1.82, 2.24) is 15.5 Å². The van der Waals surface area contributed by atoms with Crippen LogP contribution in [0.4, 0.5) is 4.79 Å². The predicted octanol–water partition coefficient (Wildman–Crippen LogP) is 2.96. The third-order valence-corrected chi connectivity index (χ3v) is 5.82. The molecule has 0 aliphatic heterocycles. The molecule has 1 fully saturated rings. The van der Waals surface area contributed by atoms with Crippen LogP contribution < -0.4 is 16.4 Å². The van der Waals surface area contributed by atoms with Crippen molar-refractivity contribution in [3.8, 4) is 0 Å². The van der Waals surface area contributed by atoms with E-state index in [0.29, 0.717) is 18.5 Å². The molecule has 1 saturated carbocycles. The average molecular weight is 489 g/mol. The zero-order valence-electron chi connectivity index (χ0n) is 21.7. The molecule has 1 aromatic rings. The largest absolute Gasteiger partial charge is 0.444 e. The highest BCUT2D eigenvalue weighted by Gasteiger charge is 2.48. The molecule has 0 bridgehead atoms. The number of ether oxygens (including phenoxy) is 1. The molecule has 1 aliphatic rings. The molecule has 4 unspecified atom stereocenters. The van der Waals surface area contributed by atoms with Gasteiger partial charge in [-0.05, 0) is 52.0 Å². The third-order valence-electron chi connectivity index (χ3n) is 5.82. The lowest BCUT2D eigenvalue weighted by molar-refractivity contribution is -0.144. The van der Waals surface area contributed by atoms with Crippen molar-refractivity contribution in [2.75, 3.05) is 6.54 Å². The van der Waals surface area contributed by atoms with E-state index < -0.39 is 42.0 Å². The van der Waals surface area contributed by atoms with Crippen molar-refractivity contribution in [3.05, 3.63) is 35.4 Å². The van der Waals surface area contributed by atoms with Crippen LogP contribution in [0.15, 0.2) is 24.3 Å². The quantitative estimate of drug-likeness (QED) is 0.412. The second kappa shape index (κ2) is 12.0. The number of alkyl carbamates (subject to hydrolysis) is 1. The summed E-state index contributed by atoms with van der Waals surface area (Å²) in [5, 5.41) is 5.45. The number of amides is 4. The van der Waals surface area contributed by atoms with Gasteiger partial charge in [-0.25, -0.2) is 4.79 Å². The zero-order chi connectivity index (χ0) is 26.3. The van der Waals surface area contributed by atoms with Crippen molar-refractivity contribution in [1.29, 1.82) is 0 Å². The van der Waals surface area contributed by atoms with Crippen molar-refractivity contribution in [2.24, 2.45) is 11.7 Å². The van der Waals surface area contributed by atoms with E-state index in [0.717, 1.165) is 18.4 Å². The summed E-state index contributed by atoms with van der Waals surface area (Å²) < 4.78 is 5.30. The normalized spacial score (nSPS) is 18.7. The van der Waals surface area contributed by atoms with Gasteiger partial charge in [0.1, 0.15) is 17.7 Å². The highest BCUT2D eigenvalue weighted by atomic mass is 16.6. The maximum atomic E-state index is 13.9. The van der Waals surface area contributed by atoms with Crippen molar-refractivity contribution in [3.63, 3.8) is 0 Å². The van der Waals surface area contributed by atoms with Gasteiger partial charge in [-0.1, -0.05) is 50.1 Å². The van der Waals surface area contributed by atoms with Crippen LogP contribution in [0.1, 0.15) is 77.5 Å². The molecule has 4 atom stereocenters. The average Bonchev–Trinajstić information content (AvgIpc) is 3.46. The van der Waals surface area contributed by atoms with Crippen LogP contribution in [-0.2, 0) is 19.1 Å². The predicted molar refractivity (Wildman–Crippen MR) is 133 cm³/mol. The Morgan fingerprint density at radius 3 is 2.26 bits per heavy atom. The van der Waals surface area contributed by atoms with Crippen molar-refractivity contribution >= 4 is 23.8 Å². The molecule has 9 heteroatoms. The van der Waals surface area contributed by atoms with Crippen LogP contribution >= 0.6 is 0 Å². The molecule has 2 rings (SSSR count). The molecule has 0 saturated heterocycles. The Labute approximate surface area is 208 Å². The van der Waals surface area contributed by atoms with Crippen LogP contribution in [0.25, 0.3) is 0 Å². The minimum absolute atomic E-state index is 0.172. The van der Waals surface area contributed by atoms with E-state index in [1.807, 2.05) is 45.0 Å². The Morgan fingerprint density at radius 2 is 1.77 bits per heavy atom. The Morgan fingerprint density at radius 1 is 1.17 bits per heavy atom. The molecule has 0 radical (unpaired) electrons. The Balaban J connectivity index is 2.44. The molecule has 1 aromatic carbocycles. The van der Waals surface area contributed by atoms with Gasteiger partial charge in [0.15, 0.2) is 0 Å². The lowest BCUT2D eigenvalue weighted by Crippen LogP contribution is -2.55. The third kappa shape index (κ3) is 8.56. The summed E-state index contributed by atoms with van der Waals surface area (Å²) >= 11 is 0. The summed E-state index contributed by atoms with van der Waals surface area (Å²) in [6.07, 6.45) is 1.20. The first-order valence-electron chi connectivity index (χ1n) is 12.3. The summed E-state index contributed by atoms with van der Waals surface area (Å²) in [6, 6.07) is 5.06. The first-order valence-corrected chi connectivity index (χ1v) is 12.3. The number of nitrogens with one attached hydrogen (secondary N) is 2. The zero-order valence-corrected chi connectivity index (χ0v) is 21.7. The van der Waals surface area contributed by atoms with Gasteiger partial charge in [0.25, 0.3) is 0 Å².